The average Bonchev–Trinajstić information content (AvgIpc) is 3.31. The number of nitrogens with zero attached hydrogens (tertiary/aromatic N) is 3. The van der Waals surface area contributed by atoms with Crippen molar-refractivity contribution in [1.82, 2.24) is 14.5 Å². The summed E-state index contributed by atoms with van der Waals surface area (Å²) in [5.74, 6) is -0.252. The van der Waals surface area contributed by atoms with E-state index in [9.17, 15) is 9.90 Å². The number of carbonyl (C=O) groups is 1. The number of aliphatic hydroxyl groups is 1. The van der Waals surface area contributed by atoms with Gasteiger partial charge in [0.15, 0.2) is 0 Å². The Morgan fingerprint density at radius 2 is 2.11 bits per heavy atom. The first-order valence-electron chi connectivity index (χ1n) is 9.12. The minimum absolute atomic E-state index is 0.252. The Bertz CT molecular complexity index is 1170. The number of benzene rings is 1. The lowest BCUT2D eigenvalue weighted by atomic mass is 9.92. The number of aliphatic hydroxyl groups excluding tert-OH is 1. The fourth-order valence-electron chi connectivity index (χ4n) is 4.32. The first-order valence-corrected chi connectivity index (χ1v) is 9.87. The summed E-state index contributed by atoms with van der Waals surface area (Å²) in [5, 5.41) is 14.8. The molecule has 0 unspecified atom stereocenters. The quantitative estimate of drug-likeness (QED) is 0.693. The van der Waals surface area contributed by atoms with E-state index in [0.717, 1.165) is 46.2 Å². The Morgan fingerprint density at radius 3 is 2.93 bits per heavy atom. The fourth-order valence-corrected chi connectivity index (χ4v) is 4.76. The van der Waals surface area contributed by atoms with E-state index in [1.54, 1.807) is 4.90 Å². The van der Waals surface area contributed by atoms with Crippen LogP contribution in [0.1, 0.15) is 17.5 Å². The Morgan fingerprint density at radius 1 is 1.25 bits per heavy atom. The third-order valence-corrected chi connectivity index (χ3v) is 6.50. The molecular weight excluding hydrogens is 397 g/mol. The third-order valence-electron chi connectivity index (χ3n) is 5.67. The predicted octanol–water partition coefficient (Wildman–Crippen LogP) is 3.84. The fraction of sp³-hybridized carbons (Fsp3) is 0.238. The summed E-state index contributed by atoms with van der Waals surface area (Å²) < 4.78 is 1.83. The molecule has 5 nitrogen and oxygen atoms in total. The van der Waals surface area contributed by atoms with Gasteiger partial charge in [-0.3, -0.25) is 4.79 Å². The molecule has 0 fully saturated rings. The van der Waals surface area contributed by atoms with Crippen LogP contribution in [0.4, 0.5) is 0 Å². The van der Waals surface area contributed by atoms with E-state index in [1.807, 2.05) is 41.2 Å². The highest BCUT2D eigenvalue weighted by Crippen LogP contribution is 2.48. The second-order valence-corrected chi connectivity index (χ2v) is 7.93. The standard InChI is InChI=1S/C21H17Cl2N3O2/c22-17-8-13(15-9-24-26-5-2-1-3-18(15)26)20-14(21(17)23)7-12-4-6-25(10-16(12)20)19(28)11-27/h1-3,5,8-9,27H,4,6-7,10-11H2. The van der Waals surface area contributed by atoms with E-state index < -0.39 is 6.61 Å². The highest BCUT2D eigenvalue weighted by Gasteiger charge is 2.33. The highest BCUT2D eigenvalue weighted by atomic mass is 35.5. The van der Waals surface area contributed by atoms with Crippen LogP contribution in [0, 0.1) is 0 Å². The molecule has 2 aromatic heterocycles. The van der Waals surface area contributed by atoms with Gasteiger partial charge in [0.05, 0.1) is 21.8 Å². The van der Waals surface area contributed by atoms with Crippen molar-refractivity contribution in [2.75, 3.05) is 19.7 Å². The molecular formula is C21H17Cl2N3O2. The van der Waals surface area contributed by atoms with Gasteiger partial charge in [-0.15, -0.1) is 0 Å². The summed E-state index contributed by atoms with van der Waals surface area (Å²) in [4.78, 5) is 13.8. The van der Waals surface area contributed by atoms with E-state index in [1.165, 1.54) is 5.57 Å². The van der Waals surface area contributed by atoms with Crippen LogP contribution in [-0.2, 0) is 11.2 Å². The number of rotatable bonds is 2. The molecule has 2 aliphatic rings. The molecule has 1 amide bonds. The Labute approximate surface area is 171 Å². The SMILES string of the molecule is O=C(CO)N1CCC2=C(C1)c1c(-c3cnn4ccccc34)cc(Cl)c(Cl)c1C2. The van der Waals surface area contributed by atoms with Gasteiger partial charge in [-0.1, -0.05) is 34.8 Å². The molecule has 142 valence electrons. The number of hydrogen-bond acceptors (Lipinski definition) is 3. The molecule has 3 heterocycles. The summed E-state index contributed by atoms with van der Waals surface area (Å²) in [7, 11) is 0. The minimum atomic E-state index is -0.474. The molecule has 1 aliphatic heterocycles. The van der Waals surface area contributed by atoms with Gasteiger partial charge >= 0.3 is 0 Å². The van der Waals surface area contributed by atoms with Gasteiger partial charge in [-0.2, -0.15) is 5.10 Å². The number of pyridine rings is 1. The van der Waals surface area contributed by atoms with Crippen molar-refractivity contribution in [3.63, 3.8) is 0 Å². The van der Waals surface area contributed by atoms with Crippen molar-refractivity contribution in [2.24, 2.45) is 0 Å². The molecule has 1 N–H and O–H groups in total. The van der Waals surface area contributed by atoms with Crippen molar-refractivity contribution < 1.29 is 9.90 Å². The highest BCUT2D eigenvalue weighted by molar-refractivity contribution is 6.43. The van der Waals surface area contributed by atoms with Crippen molar-refractivity contribution in [3.05, 3.63) is 63.4 Å². The van der Waals surface area contributed by atoms with Crippen LogP contribution in [0.3, 0.4) is 0 Å². The molecule has 0 saturated carbocycles. The first-order chi connectivity index (χ1) is 13.6. The maximum Gasteiger partial charge on any atom is 0.248 e. The lowest BCUT2D eigenvalue weighted by molar-refractivity contribution is -0.133. The van der Waals surface area contributed by atoms with Crippen molar-refractivity contribution >= 4 is 40.2 Å². The second kappa shape index (κ2) is 6.62. The van der Waals surface area contributed by atoms with Crippen molar-refractivity contribution in [3.8, 4) is 11.1 Å². The van der Waals surface area contributed by atoms with Crippen LogP contribution in [-0.4, -0.2) is 45.2 Å². The van der Waals surface area contributed by atoms with Gasteiger partial charge in [0, 0.05) is 24.8 Å². The lowest BCUT2D eigenvalue weighted by Gasteiger charge is -2.28. The normalized spacial score (nSPS) is 15.9. The van der Waals surface area contributed by atoms with Crippen molar-refractivity contribution in [2.45, 2.75) is 12.8 Å². The molecule has 0 atom stereocenters. The zero-order valence-corrected chi connectivity index (χ0v) is 16.5. The summed E-state index contributed by atoms with van der Waals surface area (Å²) in [6, 6.07) is 7.83. The Balaban J connectivity index is 1.72. The van der Waals surface area contributed by atoms with E-state index in [-0.39, 0.29) is 5.91 Å². The van der Waals surface area contributed by atoms with E-state index in [0.29, 0.717) is 23.1 Å². The summed E-state index contributed by atoms with van der Waals surface area (Å²) in [6.45, 7) is 0.618. The molecule has 7 heteroatoms. The molecule has 28 heavy (non-hydrogen) atoms. The molecule has 1 aliphatic carbocycles. The Hall–Kier alpha value is -2.34. The summed E-state index contributed by atoms with van der Waals surface area (Å²) in [6.07, 6.45) is 5.27. The average molecular weight is 414 g/mol. The topological polar surface area (TPSA) is 57.8 Å². The molecule has 3 aromatic rings. The molecule has 0 bridgehead atoms. The third kappa shape index (κ3) is 2.58. The zero-order valence-electron chi connectivity index (χ0n) is 15.0. The molecule has 0 radical (unpaired) electrons. The minimum Gasteiger partial charge on any atom is -0.387 e. The monoisotopic (exact) mass is 413 g/mol. The van der Waals surface area contributed by atoms with Gasteiger partial charge in [-0.05, 0) is 53.3 Å². The second-order valence-electron chi connectivity index (χ2n) is 7.14. The van der Waals surface area contributed by atoms with Crippen LogP contribution < -0.4 is 0 Å². The molecule has 1 aromatic carbocycles. The summed E-state index contributed by atoms with van der Waals surface area (Å²) >= 11 is 13.1. The van der Waals surface area contributed by atoms with Crippen LogP contribution in [0.25, 0.3) is 22.2 Å². The first kappa shape index (κ1) is 17.7. The van der Waals surface area contributed by atoms with E-state index in [2.05, 4.69) is 5.10 Å². The van der Waals surface area contributed by atoms with Gasteiger partial charge in [0.25, 0.3) is 0 Å². The maximum absolute atomic E-state index is 12.1. The summed E-state index contributed by atoms with van der Waals surface area (Å²) in [5.41, 5.74) is 7.42. The molecule has 0 spiro atoms. The predicted molar refractivity (Wildman–Crippen MR) is 110 cm³/mol. The van der Waals surface area contributed by atoms with Crippen LogP contribution in [0.5, 0.6) is 0 Å². The van der Waals surface area contributed by atoms with Gasteiger partial charge in [-0.25, -0.2) is 4.52 Å². The molecule has 5 rings (SSSR count). The maximum atomic E-state index is 12.1. The molecule has 0 saturated heterocycles. The number of hydrogen-bond donors (Lipinski definition) is 1. The lowest BCUT2D eigenvalue weighted by Crippen LogP contribution is -2.37. The van der Waals surface area contributed by atoms with Crippen LogP contribution >= 0.6 is 23.2 Å². The van der Waals surface area contributed by atoms with Gasteiger partial charge < -0.3 is 10.0 Å². The van der Waals surface area contributed by atoms with Crippen LogP contribution in [0.2, 0.25) is 10.0 Å². The smallest absolute Gasteiger partial charge is 0.248 e. The number of carbonyl (C=O) groups excluding carboxylic acids is 1. The van der Waals surface area contributed by atoms with Gasteiger partial charge in [0.2, 0.25) is 5.91 Å². The number of halogens is 2. The number of amides is 1. The largest absolute Gasteiger partial charge is 0.387 e. The van der Waals surface area contributed by atoms with Gasteiger partial charge in [0.1, 0.15) is 6.61 Å². The number of aromatic nitrogens is 2. The Kier molecular flexibility index (Phi) is 4.19. The van der Waals surface area contributed by atoms with E-state index >= 15 is 0 Å². The number of fused-ring (bicyclic) bond motifs is 3. The zero-order chi connectivity index (χ0) is 19.4. The van der Waals surface area contributed by atoms with Crippen molar-refractivity contribution in [1.29, 1.82) is 0 Å². The van der Waals surface area contributed by atoms with Crippen LogP contribution in [0.15, 0.2) is 42.2 Å². The van der Waals surface area contributed by atoms with E-state index in [4.69, 9.17) is 23.2 Å².